The number of rotatable bonds is 3. The fourth-order valence-corrected chi connectivity index (χ4v) is 2.08. The minimum atomic E-state index is -0.200. The van der Waals surface area contributed by atoms with Crippen LogP contribution in [0.15, 0.2) is 48.8 Å². The molecule has 3 rings (SSSR count). The highest BCUT2D eigenvalue weighted by Gasteiger charge is 2.14. The largest absolute Gasteiger partial charge is 0.495 e. The molecule has 0 spiro atoms. The molecule has 0 aliphatic carbocycles. The highest BCUT2D eigenvalue weighted by Crippen LogP contribution is 2.24. The van der Waals surface area contributed by atoms with Gasteiger partial charge in [0, 0.05) is 17.8 Å². The first-order valence-electron chi connectivity index (χ1n) is 6.16. The molecule has 0 atom stereocenters. The summed E-state index contributed by atoms with van der Waals surface area (Å²) in [5, 5.41) is 3.64. The van der Waals surface area contributed by atoms with Gasteiger partial charge >= 0.3 is 0 Å². The summed E-state index contributed by atoms with van der Waals surface area (Å²) in [5.41, 5.74) is 1.88. The van der Waals surface area contributed by atoms with E-state index in [0.717, 1.165) is 5.39 Å². The van der Waals surface area contributed by atoms with Crippen LogP contribution in [0.1, 0.15) is 10.4 Å². The van der Waals surface area contributed by atoms with Crippen LogP contribution in [0, 0.1) is 0 Å². The maximum absolute atomic E-state index is 12.3. The number of hydrogen-bond donors (Lipinski definition) is 2. The lowest BCUT2D eigenvalue weighted by molar-refractivity contribution is 0.102. The van der Waals surface area contributed by atoms with Crippen molar-refractivity contribution in [1.82, 2.24) is 9.97 Å². The predicted molar refractivity (Wildman–Crippen MR) is 77.0 cm³/mol. The number of aromatic nitrogens is 2. The van der Waals surface area contributed by atoms with Gasteiger partial charge in [0.25, 0.3) is 5.91 Å². The number of carbonyl (C=O) groups is 1. The van der Waals surface area contributed by atoms with Crippen molar-refractivity contribution in [2.24, 2.45) is 0 Å². The van der Waals surface area contributed by atoms with Gasteiger partial charge in [-0.15, -0.1) is 0 Å². The molecule has 1 aromatic carbocycles. The number of pyridine rings is 1. The van der Waals surface area contributed by atoms with E-state index in [1.165, 1.54) is 0 Å². The molecule has 0 aliphatic rings. The number of aromatic amines is 1. The third-order valence-electron chi connectivity index (χ3n) is 3.05. The number of H-pyrrole nitrogens is 1. The van der Waals surface area contributed by atoms with Crippen molar-refractivity contribution in [3.05, 3.63) is 54.4 Å². The lowest BCUT2D eigenvalue weighted by atomic mass is 10.2. The van der Waals surface area contributed by atoms with Crippen LogP contribution in [0.4, 0.5) is 5.69 Å². The summed E-state index contributed by atoms with van der Waals surface area (Å²) in [7, 11) is 1.57. The van der Waals surface area contributed by atoms with Gasteiger partial charge in [0.2, 0.25) is 0 Å². The molecule has 0 fully saturated rings. The maximum Gasteiger partial charge on any atom is 0.257 e. The Morgan fingerprint density at radius 1 is 1.25 bits per heavy atom. The Labute approximate surface area is 115 Å². The van der Waals surface area contributed by atoms with Gasteiger partial charge in [0.15, 0.2) is 0 Å². The summed E-state index contributed by atoms with van der Waals surface area (Å²) >= 11 is 0. The summed E-state index contributed by atoms with van der Waals surface area (Å²) < 4.78 is 5.22. The Bertz CT molecular complexity index is 764. The van der Waals surface area contributed by atoms with E-state index in [2.05, 4.69) is 15.3 Å². The van der Waals surface area contributed by atoms with Crippen LogP contribution < -0.4 is 10.1 Å². The zero-order valence-electron chi connectivity index (χ0n) is 10.9. The topological polar surface area (TPSA) is 67.0 Å². The monoisotopic (exact) mass is 267 g/mol. The second-order valence-electron chi connectivity index (χ2n) is 4.26. The molecule has 100 valence electrons. The van der Waals surface area contributed by atoms with Crippen LogP contribution >= 0.6 is 0 Å². The minimum Gasteiger partial charge on any atom is -0.495 e. The van der Waals surface area contributed by atoms with Gasteiger partial charge in [-0.25, -0.2) is 4.98 Å². The number of ether oxygens (including phenoxy) is 1. The number of benzene rings is 1. The lowest BCUT2D eigenvalue weighted by Gasteiger charge is -2.09. The number of carbonyl (C=O) groups excluding carboxylic acids is 1. The van der Waals surface area contributed by atoms with Crippen molar-refractivity contribution in [3.63, 3.8) is 0 Å². The van der Waals surface area contributed by atoms with E-state index < -0.39 is 0 Å². The number of nitrogens with zero attached hydrogens (tertiary/aromatic N) is 1. The third-order valence-corrected chi connectivity index (χ3v) is 3.05. The van der Waals surface area contributed by atoms with E-state index >= 15 is 0 Å². The molecule has 20 heavy (non-hydrogen) atoms. The second-order valence-corrected chi connectivity index (χ2v) is 4.26. The van der Waals surface area contributed by atoms with E-state index in [-0.39, 0.29) is 5.91 Å². The number of para-hydroxylation sites is 2. The van der Waals surface area contributed by atoms with E-state index in [9.17, 15) is 4.79 Å². The van der Waals surface area contributed by atoms with Gasteiger partial charge in [0.1, 0.15) is 11.4 Å². The molecule has 5 nitrogen and oxygen atoms in total. The van der Waals surface area contributed by atoms with Crippen LogP contribution in [0.25, 0.3) is 11.0 Å². The first-order chi connectivity index (χ1) is 9.79. The van der Waals surface area contributed by atoms with E-state index in [0.29, 0.717) is 22.6 Å². The smallest absolute Gasteiger partial charge is 0.257 e. The fourth-order valence-electron chi connectivity index (χ4n) is 2.08. The fraction of sp³-hybridized carbons (Fsp3) is 0.0667. The molecule has 0 saturated carbocycles. The number of nitrogens with one attached hydrogen (secondary N) is 2. The van der Waals surface area contributed by atoms with Gasteiger partial charge in [0.05, 0.1) is 18.4 Å². The van der Waals surface area contributed by atoms with Gasteiger partial charge in [-0.2, -0.15) is 0 Å². The molecule has 0 unspecified atom stereocenters. The van der Waals surface area contributed by atoms with Crippen LogP contribution in [-0.4, -0.2) is 23.0 Å². The SMILES string of the molecule is COc1ccccc1NC(=O)c1c[nH]c2ncccc12. The number of fused-ring (bicyclic) bond motifs is 1. The van der Waals surface area contributed by atoms with Crippen molar-refractivity contribution >= 4 is 22.6 Å². The normalized spacial score (nSPS) is 10.4. The molecular weight excluding hydrogens is 254 g/mol. The average molecular weight is 267 g/mol. The molecule has 0 bridgehead atoms. The van der Waals surface area contributed by atoms with Crippen LogP contribution in [0.2, 0.25) is 0 Å². The number of anilines is 1. The molecular formula is C15H13N3O2. The number of methoxy groups -OCH3 is 1. The predicted octanol–water partition coefficient (Wildman–Crippen LogP) is 2.82. The van der Waals surface area contributed by atoms with Crippen LogP contribution in [-0.2, 0) is 0 Å². The first kappa shape index (κ1) is 12.2. The van der Waals surface area contributed by atoms with Crippen molar-refractivity contribution < 1.29 is 9.53 Å². The van der Waals surface area contributed by atoms with Crippen molar-refractivity contribution in [1.29, 1.82) is 0 Å². The molecule has 1 amide bonds. The number of hydrogen-bond acceptors (Lipinski definition) is 3. The maximum atomic E-state index is 12.3. The molecule has 0 radical (unpaired) electrons. The number of amides is 1. The Hall–Kier alpha value is -2.82. The summed E-state index contributed by atoms with van der Waals surface area (Å²) in [6.07, 6.45) is 3.34. The van der Waals surface area contributed by atoms with Gasteiger partial charge in [-0.1, -0.05) is 12.1 Å². The average Bonchev–Trinajstić information content (AvgIpc) is 2.92. The third kappa shape index (κ3) is 2.09. The minimum absolute atomic E-state index is 0.200. The molecule has 2 heterocycles. The van der Waals surface area contributed by atoms with Crippen molar-refractivity contribution in [3.8, 4) is 5.75 Å². The van der Waals surface area contributed by atoms with Gasteiger partial charge < -0.3 is 15.0 Å². The highest BCUT2D eigenvalue weighted by atomic mass is 16.5. The zero-order valence-corrected chi connectivity index (χ0v) is 10.9. The molecule has 5 heteroatoms. The van der Waals surface area contributed by atoms with Gasteiger partial charge in [-0.3, -0.25) is 4.79 Å². The van der Waals surface area contributed by atoms with Crippen LogP contribution in [0.3, 0.4) is 0 Å². The van der Waals surface area contributed by atoms with E-state index in [1.807, 2.05) is 18.2 Å². The van der Waals surface area contributed by atoms with Crippen molar-refractivity contribution in [2.75, 3.05) is 12.4 Å². The summed E-state index contributed by atoms with van der Waals surface area (Å²) in [6, 6.07) is 10.9. The Kier molecular flexibility index (Phi) is 3.09. The van der Waals surface area contributed by atoms with Gasteiger partial charge in [-0.05, 0) is 24.3 Å². The Morgan fingerprint density at radius 2 is 2.10 bits per heavy atom. The van der Waals surface area contributed by atoms with Crippen molar-refractivity contribution in [2.45, 2.75) is 0 Å². The quantitative estimate of drug-likeness (QED) is 0.766. The van der Waals surface area contributed by atoms with Crippen LogP contribution in [0.5, 0.6) is 5.75 Å². The molecule has 0 aliphatic heterocycles. The standard InChI is InChI=1S/C15H13N3O2/c1-20-13-7-3-2-6-12(13)18-15(19)11-9-17-14-10(11)5-4-8-16-14/h2-9H,1H3,(H,16,17)(H,18,19). The Morgan fingerprint density at radius 3 is 2.95 bits per heavy atom. The molecule has 2 N–H and O–H groups in total. The second kappa shape index (κ2) is 5.05. The van der Waals surface area contributed by atoms with E-state index in [1.54, 1.807) is 37.7 Å². The molecule has 2 aromatic heterocycles. The zero-order chi connectivity index (χ0) is 13.9. The Balaban J connectivity index is 1.93. The highest BCUT2D eigenvalue weighted by molar-refractivity contribution is 6.12. The summed E-state index contributed by atoms with van der Waals surface area (Å²) in [4.78, 5) is 19.5. The first-order valence-corrected chi connectivity index (χ1v) is 6.16. The van der Waals surface area contributed by atoms with E-state index in [4.69, 9.17) is 4.74 Å². The summed E-state index contributed by atoms with van der Waals surface area (Å²) in [6.45, 7) is 0. The lowest BCUT2D eigenvalue weighted by Crippen LogP contribution is -2.12. The molecule has 3 aromatic rings. The molecule has 0 saturated heterocycles. The summed E-state index contributed by atoms with van der Waals surface area (Å²) in [5.74, 6) is 0.424.